The van der Waals surface area contributed by atoms with Gasteiger partial charge in [-0.3, -0.25) is 0 Å². The van der Waals surface area contributed by atoms with E-state index in [1.807, 2.05) is 0 Å². The Kier molecular flexibility index (Phi) is 2.64. The minimum atomic E-state index is -1.07. The molecule has 0 bridgehead atoms. The highest BCUT2D eigenvalue weighted by Crippen LogP contribution is 2.27. The number of aliphatic hydroxyl groups excluding tert-OH is 1. The molecule has 1 aromatic heterocycles. The van der Waals surface area contributed by atoms with Crippen LogP contribution >= 0.6 is 0 Å². The van der Waals surface area contributed by atoms with Gasteiger partial charge in [-0.15, -0.1) is 0 Å². The molecule has 2 rings (SSSR count). The van der Waals surface area contributed by atoms with E-state index in [1.165, 1.54) is 6.07 Å². The average Bonchev–Trinajstić information content (AvgIpc) is 2.59. The highest BCUT2D eigenvalue weighted by Gasteiger charge is 2.26. The van der Waals surface area contributed by atoms with Crippen molar-refractivity contribution >= 4 is 11.9 Å². The van der Waals surface area contributed by atoms with Gasteiger partial charge in [0.25, 0.3) is 0 Å². The van der Waals surface area contributed by atoms with Crippen molar-refractivity contribution in [2.24, 2.45) is 5.92 Å². The summed E-state index contributed by atoms with van der Waals surface area (Å²) in [6.45, 7) is 0.712. The van der Waals surface area contributed by atoms with E-state index >= 15 is 0 Å². The molecule has 1 heterocycles. The van der Waals surface area contributed by atoms with Crippen LogP contribution in [0.4, 0.5) is 5.88 Å². The second-order valence-corrected chi connectivity index (χ2v) is 3.84. The lowest BCUT2D eigenvalue weighted by atomic mass is 9.82. The maximum absolute atomic E-state index is 10.5. The van der Waals surface area contributed by atoms with Crippen LogP contribution < -0.4 is 5.32 Å². The van der Waals surface area contributed by atoms with Crippen LogP contribution in [-0.2, 0) is 0 Å². The summed E-state index contributed by atoms with van der Waals surface area (Å²) in [5, 5.41) is 20.7. The number of carboxylic acid groups (broad SMARTS) is 1. The molecule has 3 N–H and O–H groups in total. The second kappa shape index (κ2) is 3.94. The number of hydrogen-bond acceptors (Lipinski definition) is 4. The number of hydrogen-bond donors (Lipinski definition) is 3. The molecule has 0 radical (unpaired) electrons. The van der Waals surface area contributed by atoms with Gasteiger partial charge in [-0.25, -0.2) is 4.79 Å². The normalized spacial score (nSPS) is 24.6. The van der Waals surface area contributed by atoms with Gasteiger partial charge in [-0.1, -0.05) is 0 Å². The standard InChI is InChI=1S/C10H13NO4/c12-7-3-6(4-7)5-11-9-2-1-8(15-9)10(13)14/h1-2,6-7,11-12H,3-5H2,(H,13,14). The van der Waals surface area contributed by atoms with Gasteiger partial charge in [-0.2, -0.15) is 0 Å². The minimum absolute atomic E-state index is 0.0638. The van der Waals surface area contributed by atoms with Crippen LogP contribution in [0.5, 0.6) is 0 Å². The smallest absolute Gasteiger partial charge is 0.371 e. The number of nitrogens with one attached hydrogen (secondary N) is 1. The molecule has 5 nitrogen and oxygen atoms in total. The van der Waals surface area contributed by atoms with E-state index in [0.29, 0.717) is 18.3 Å². The summed E-state index contributed by atoms with van der Waals surface area (Å²) in [5.74, 6) is -0.208. The summed E-state index contributed by atoms with van der Waals surface area (Å²) >= 11 is 0. The molecule has 1 fully saturated rings. The Hall–Kier alpha value is -1.49. The number of aliphatic hydroxyl groups is 1. The van der Waals surface area contributed by atoms with Crippen LogP contribution in [0.3, 0.4) is 0 Å². The topological polar surface area (TPSA) is 82.7 Å². The molecular formula is C10H13NO4. The number of rotatable bonds is 4. The number of aromatic carboxylic acids is 1. The Morgan fingerprint density at radius 1 is 1.53 bits per heavy atom. The Balaban J connectivity index is 1.81. The zero-order valence-corrected chi connectivity index (χ0v) is 8.14. The molecule has 0 aromatic carbocycles. The number of anilines is 1. The van der Waals surface area contributed by atoms with Crippen LogP contribution in [0, 0.1) is 5.92 Å². The van der Waals surface area contributed by atoms with E-state index in [4.69, 9.17) is 14.6 Å². The molecule has 0 spiro atoms. The van der Waals surface area contributed by atoms with Crippen molar-refractivity contribution in [3.8, 4) is 0 Å². The third kappa shape index (κ3) is 2.30. The Bertz CT molecular complexity index is 354. The first-order valence-electron chi connectivity index (χ1n) is 4.90. The molecule has 1 aliphatic carbocycles. The van der Waals surface area contributed by atoms with Gasteiger partial charge in [0.1, 0.15) is 0 Å². The van der Waals surface area contributed by atoms with Gasteiger partial charge in [-0.05, 0) is 24.8 Å². The van der Waals surface area contributed by atoms with Crippen molar-refractivity contribution in [3.05, 3.63) is 17.9 Å². The molecule has 0 atom stereocenters. The fraction of sp³-hybridized carbons (Fsp3) is 0.500. The average molecular weight is 211 g/mol. The fourth-order valence-electron chi connectivity index (χ4n) is 1.66. The first kappa shape index (κ1) is 10.0. The predicted octanol–water partition coefficient (Wildman–Crippen LogP) is 1.16. The van der Waals surface area contributed by atoms with Crippen LogP contribution in [-0.4, -0.2) is 28.8 Å². The van der Waals surface area contributed by atoms with E-state index in [2.05, 4.69) is 5.32 Å². The first-order chi connectivity index (χ1) is 7.15. The molecule has 1 aliphatic rings. The number of furan rings is 1. The Morgan fingerprint density at radius 3 is 2.80 bits per heavy atom. The summed E-state index contributed by atoms with van der Waals surface area (Å²) in [6.07, 6.45) is 1.45. The van der Waals surface area contributed by atoms with Crippen molar-refractivity contribution < 1.29 is 19.4 Å². The van der Waals surface area contributed by atoms with Crippen molar-refractivity contribution in [1.29, 1.82) is 0 Å². The zero-order chi connectivity index (χ0) is 10.8. The van der Waals surface area contributed by atoms with E-state index in [9.17, 15) is 4.79 Å². The van der Waals surface area contributed by atoms with E-state index in [1.54, 1.807) is 6.07 Å². The van der Waals surface area contributed by atoms with Crippen LogP contribution in [0.1, 0.15) is 23.4 Å². The van der Waals surface area contributed by atoms with Crippen LogP contribution in [0.15, 0.2) is 16.5 Å². The fourth-order valence-corrected chi connectivity index (χ4v) is 1.66. The third-order valence-corrected chi connectivity index (χ3v) is 2.59. The molecule has 0 unspecified atom stereocenters. The van der Waals surface area contributed by atoms with Gasteiger partial charge in [0.05, 0.1) is 6.10 Å². The van der Waals surface area contributed by atoms with Gasteiger partial charge < -0.3 is 19.9 Å². The monoisotopic (exact) mass is 211 g/mol. The van der Waals surface area contributed by atoms with Gasteiger partial charge in [0, 0.05) is 12.6 Å². The minimum Gasteiger partial charge on any atom is -0.475 e. The third-order valence-electron chi connectivity index (χ3n) is 2.59. The van der Waals surface area contributed by atoms with Crippen LogP contribution in [0.2, 0.25) is 0 Å². The van der Waals surface area contributed by atoms with Gasteiger partial charge >= 0.3 is 5.97 Å². The van der Waals surface area contributed by atoms with E-state index in [0.717, 1.165) is 12.8 Å². The lowest BCUT2D eigenvalue weighted by molar-refractivity contribution is 0.0485. The highest BCUT2D eigenvalue weighted by molar-refractivity contribution is 5.84. The molecular weight excluding hydrogens is 198 g/mol. The molecule has 82 valence electrons. The van der Waals surface area contributed by atoms with Gasteiger partial charge in [0.15, 0.2) is 5.88 Å². The molecule has 15 heavy (non-hydrogen) atoms. The quantitative estimate of drug-likeness (QED) is 0.696. The van der Waals surface area contributed by atoms with E-state index < -0.39 is 5.97 Å². The molecule has 0 saturated heterocycles. The molecule has 5 heteroatoms. The van der Waals surface area contributed by atoms with Crippen molar-refractivity contribution in [2.75, 3.05) is 11.9 Å². The van der Waals surface area contributed by atoms with Gasteiger partial charge in [0.2, 0.25) is 5.76 Å². The maximum atomic E-state index is 10.5. The summed E-state index contributed by atoms with van der Waals surface area (Å²) < 4.78 is 5.02. The SMILES string of the molecule is O=C(O)c1ccc(NCC2CC(O)C2)o1. The number of carbonyl (C=O) groups is 1. The largest absolute Gasteiger partial charge is 0.475 e. The predicted molar refractivity (Wildman–Crippen MR) is 52.9 cm³/mol. The van der Waals surface area contributed by atoms with Crippen LogP contribution in [0.25, 0.3) is 0 Å². The lowest BCUT2D eigenvalue weighted by Crippen LogP contribution is -2.33. The summed E-state index contributed by atoms with van der Waals surface area (Å²) in [4.78, 5) is 10.5. The lowest BCUT2D eigenvalue weighted by Gasteiger charge is -2.31. The highest BCUT2D eigenvalue weighted by atomic mass is 16.4. The zero-order valence-electron chi connectivity index (χ0n) is 8.14. The summed E-state index contributed by atoms with van der Waals surface area (Å²) in [7, 11) is 0. The number of carboxylic acids is 1. The Labute approximate surface area is 86.7 Å². The van der Waals surface area contributed by atoms with Crippen molar-refractivity contribution in [2.45, 2.75) is 18.9 Å². The molecule has 0 aliphatic heterocycles. The van der Waals surface area contributed by atoms with E-state index in [-0.39, 0.29) is 11.9 Å². The van der Waals surface area contributed by atoms with Crippen molar-refractivity contribution in [1.82, 2.24) is 0 Å². The maximum Gasteiger partial charge on any atom is 0.371 e. The summed E-state index contributed by atoms with van der Waals surface area (Å²) in [5.41, 5.74) is 0. The molecule has 1 saturated carbocycles. The summed E-state index contributed by atoms with van der Waals surface area (Å²) in [6, 6.07) is 3.01. The molecule has 0 amide bonds. The second-order valence-electron chi connectivity index (χ2n) is 3.84. The Morgan fingerprint density at radius 2 is 2.27 bits per heavy atom. The molecule has 1 aromatic rings. The first-order valence-corrected chi connectivity index (χ1v) is 4.90. The van der Waals surface area contributed by atoms with Crippen molar-refractivity contribution in [3.63, 3.8) is 0 Å².